The Morgan fingerprint density at radius 3 is 2.50 bits per heavy atom. The monoisotopic (exact) mass is 310 g/mol. The average molecular weight is 311 g/mol. The van der Waals surface area contributed by atoms with Gasteiger partial charge >= 0.3 is 0 Å². The molecule has 0 bridgehead atoms. The van der Waals surface area contributed by atoms with Crippen LogP contribution < -0.4 is 4.90 Å². The first kappa shape index (κ1) is 15.7. The fourth-order valence-electron chi connectivity index (χ4n) is 1.29. The van der Waals surface area contributed by atoms with Crippen molar-refractivity contribution in [3.63, 3.8) is 0 Å². The van der Waals surface area contributed by atoms with Crippen LogP contribution in [-0.2, 0) is 15.8 Å². The molecule has 1 aromatic rings. The molecule has 102 valence electrons. The van der Waals surface area contributed by atoms with E-state index >= 15 is 0 Å². The highest BCUT2D eigenvalue weighted by molar-refractivity contribution is 7.93. The molecule has 0 aromatic heterocycles. The van der Waals surface area contributed by atoms with Gasteiger partial charge in [0.05, 0.1) is 36.4 Å². The predicted octanol–water partition coefficient (Wildman–Crippen LogP) is 1.34. The van der Waals surface area contributed by atoms with Crippen LogP contribution in [0.3, 0.4) is 0 Å². The van der Waals surface area contributed by atoms with Gasteiger partial charge in [-0.2, -0.15) is 0 Å². The van der Waals surface area contributed by atoms with Crippen molar-refractivity contribution >= 4 is 33.2 Å². The number of hydrogen-bond donors (Lipinski definition) is 1. The van der Waals surface area contributed by atoms with Crippen LogP contribution in [0, 0.1) is 0 Å². The summed E-state index contributed by atoms with van der Waals surface area (Å²) in [5, 5.41) is 0.828. The average Bonchev–Trinajstić information content (AvgIpc) is 2.21. The molecule has 0 fully saturated rings. The molecular formula is C11H16Cl2N2O2S. The number of rotatable bonds is 6. The van der Waals surface area contributed by atoms with Crippen LogP contribution in [-0.4, -0.2) is 35.6 Å². The Kier molecular flexibility index (Phi) is 5.88. The normalized spacial score (nSPS) is 12.1. The number of likely N-dealkylation sites (N-methyl/N-ethyl adjacent to an activating group) is 1. The lowest BCUT2D eigenvalue weighted by molar-refractivity contribution is -0.856. The fraction of sp³-hybridized carbons (Fsp3) is 0.455. The molecular weight excluding hydrogens is 295 g/mol. The van der Waals surface area contributed by atoms with Crippen LogP contribution in [0.5, 0.6) is 0 Å². The summed E-state index contributed by atoms with van der Waals surface area (Å²) in [4.78, 5) is 1.15. The van der Waals surface area contributed by atoms with E-state index in [2.05, 4.69) is 4.72 Å². The zero-order valence-electron chi connectivity index (χ0n) is 10.3. The number of nitrogens with zero attached hydrogens (tertiary/aromatic N) is 1. The highest BCUT2D eigenvalue weighted by Gasteiger charge is 2.07. The van der Waals surface area contributed by atoms with Crippen LogP contribution in [0.2, 0.25) is 10.0 Å². The van der Waals surface area contributed by atoms with Gasteiger partial charge in [0.2, 0.25) is 0 Å². The fourth-order valence-corrected chi connectivity index (χ4v) is 2.95. The van der Waals surface area contributed by atoms with Crippen LogP contribution in [0.1, 0.15) is 5.56 Å². The van der Waals surface area contributed by atoms with Gasteiger partial charge in [-0.25, -0.2) is 8.42 Å². The summed E-state index contributed by atoms with van der Waals surface area (Å²) in [6.07, 6.45) is 0. The molecule has 0 spiro atoms. The van der Waals surface area contributed by atoms with Gasteiger partial charge < -0.3 is 9.62 Å². The Bertz CT molecular complexity index is 504. The molecule has 1 aromatic carbocycles. The quantitative estimate of drug-likeness (QED) is 0.862. The van der Waals surface area contributed by atoms with Crippen LogP contribution in [0.4, 0.5) is 0 Å². The largest absolute Gasteiger partial charge is 0.544 e. The lowest BCUT2D eigenvalue weighted by Gasteiger charge is -2.21. The third-order valence-electron chi connectivity index (χ3n) is 2.25. The Balaban J connectivity index is 2.65. The summed E-state index contributed by atoms with van der Waals surface area (Å²) < 4.78 is 27.2. The van der Waals surface area contributed by atoms with Crippen molar-refractivity contribution in [3.8, 4) is 0 Å². The molecule has 0 radical (unpaired) electrons. The minimum Gasteiger partial charge on any atom is -0.544 e. The molecule has 0 atom stereocenters. The Morgan fingerprint density at radius 2 is 1.94 bits per heavy atom. The van der Waals surface area contributed by atoms with Crippen LogP contribution in [0.15, 0.2) is 18.2 Å². The number of benzene rings is 1. The van der Waals surface area contributed by atoms with Crippen LogP contribution in [0.25, 0.3) is 4.72 Å². The number of hydrogen-bond acceptors (Lipinski definition) is 2. The molecule has 0 aliphatic heterocycles. The van der Waals surface area contributed by atoms with Gasteiger partial charge in [-0.15, -0.1) is 0 Å². The zero-order chi connectivity index (χ0) is 13.8. The lowest BCUT2D eigenvalue weighted by atomic mass is 10.2. The van der Waals surface area contributed by atoms with Gasteiger partial charge in [0.25, 0.3) is 0 Å². The summed E-state index contributed by atoms with van der Waals surface area (Å²) in [5.41, 5.74) is 0.516. The molecule has 18 heavy (non-hydrogen) atoms. The van der Waals surface area contributed by atoms with Gasteiger partial charge in [-0.3, -0.25) is 0 Å². The smallest absolute Gasteiger partial charge is 0.0765 e. The lowest BCUT2D eigenvalue weighted by Crippen LogP contribution is -3.06. The van der Waals surface area contributed by atoms with Gasteiger partial charge in [0.15, 0.2) is 0 Å². The van der Waals surface area contributed by atoms with Crippen molar-refractivity contribution in [1.82, 2.24) is 0 Å². The third kappa shape index (κ3) is 5.54. The molecule has 0 aliphatic carbocycles. The molecule has 4 nitrogen and oxygen atoms in total. The van der Waals surface area contributed by atoms with E-state index in [-0.39, 0.29) is 12.3 Å². The third-order valence-corrected chi connectivity index (χ3v) is 4.09. The first-order valence-electron chi connectivity index (χ1n) is 5.44. The second-order valence-electron chi connectivity index (χ2n) is 4.27. The van der Waals surface area contributed by atoms with Gasteiger partial charge in [-0.1, -0.05) is 35.8 Å². The molecule has 0 aliphatic rings. The molecule has 0 saturated carbocycles. The highest BCUT2D eigenvalue weighted by Crippen LogP contribution is 2.23. The van der Waals surface area contributed by atoms with Crippen molar-refractivity contribution < 1.29 is 13.3 Å². The molecule has 7 heteroatoms. The number of nitrogens with one attached hydrogen (secondary N) is 1. The van der Waals surface area contributed by atoms with Gasteiger partial charge in [-0.05, 0) is 17.7 Å². The molecule has 1 N–H and O–H groups in total. The number of sulfonamides is 1. The Morgan fingerprint density at radius 1 is 1.28 bits per heavy atom. The van der Waals surface area contributed by atoms with E-state index in [9.17, 15) is 8.42 Å². The van der Waals surface area contributed by atoms with Crippen molar-refractivity contribution in [2.24, 2.45) is 0 Å². The molecule has 0 saturated heterocycles. The summed E-state index contributed by atoms with van der Waals surface area (Å²) in [7, 11) is 0.404. The maximum atomic E-state index is 11.8. The zero-order valence-corrected chi connectivity index (χ0v) is 12.6. The summed E-state index contributed by atoms with van der Waals surface area (Å²) in [5.74, 6) is -0.189. The van der Waals surface area contributed by atoms with E-state index in [4.69, 9.17) is 23.2 Å². The number of halogens is 2. The van der Waals surface area contributed by atoms with E-state index in [1.165, 1.54) is 6.07 Å². The van der Waals surface area contributed by atoms with E-state index in [0.717, 1.165) is 4.90 Å². The van der Waals surface area contributed by atoms with Gasteiger partial charge in [0.1, 0.15) is 0 Å². The minimum atomic E-state index is -3.48. The molecule has 1 rings (SSSR count). The Labute approximate surface area is 118 Å². The highest BCUT2D eigenvalue weighted by atomic mass is 35.5. The van der Waals surface area contributed by atoms with Crippen LogP contribution >= 0.6 is 23.2 Å². The molecule has 0 amide bonds. The maximum Gasteiger partial charge on any atom is 0.0765 e. The van der Waals surface area contributed by atoms with E-state index in [1.807, 2.05) is 14.1 Å². The second-order valence-corrected chi connectivity index (χ2v) is 6.83. The topological polar surface area (TPSA) is 52.7 Å². The predicted molar refractivity (Wildman–Crippen MR) is 75.0 cm³/mol. The van der Waals surface area contributed by atoms with Crippen molar-refractivity contribution in [3.05, 3.63) is 38.5 Å². The summed E-state index contributed by atoms with van der Waals surface area (Å²) >= 11 is 11.7. The van der Waals surface area contributed by atoms with Crippen molar-refractivity contribution in [2.45, 2.75) is 5.75 Å². The standard InChI is InChI=1S/C11H15Cl2N2O2S/c1-15(2)6-5-14-18(16,17)8-9-3-4-10(12)7-11(9)13/h3-4,7H,5-6,8H2,1-2H3/q-1/p+1. The van der Waals surface area contributed by atoms with Crippen molar-refractivity contribution in [1.29, 1.82) is 0 Å². The SMILES string of the molecule is C[NH+](C)CC[N-]S(=O)(=O)Cc1ccc(Cl)cc1Cl. The minimum absolute atomic E-state index is 0.189. The first-order valence-corrected chi connectivity index (χ1v) is 7.81. The first-order chi connectivity index (χ1) is 8.30. The molecule has 0 heterocycles. The summed E-state index contributed by atoms with van der Waals surface area (Å²) in [6.45, 7) is 0.962. The number of quaternary nitrogens is 1. The molecule has 0 unspecified atom stereocenters. The van der Waals surface area contributed by atoms with Gasteiger partial charge in [0, 0.05) is 10.0 Å². The van der Waals surface area contributed by atoms with Crippen molar-refractivity contribution in [2.75, 3.05) is 27.2 Å². The summed E-state index contributed by atoms with van der Waals surface area (Å²) in [6, 6.07) is 4.75. The van der Waals surface area contributed by atoms with E-state index in [1.54, 1.807) is 12.1 Å². The maximum absolute atomic E-state index is 11.8. The van der Waals surface area contributed by atoms with E-state index in [0.29, 0.717) is 22.2 Å². The Hall–Kier alpha value is -0.330. The second kappa shape index (κ2) is 6.73. The van der Waals surface area contributed by atoms with E-state index < -0.39 is 10.0 Å².